The number of aromatic nitrogens is 1. The Balaban J connectivity index is 2.13. The molecule has 0 saturated heterocycles. The number of ether oxygens (including phenoxy) is 1. The van der Waals surface area contributed by atoms with Crippen molar-refractivity contribution in [3.63, 3.8) is 0 Å². The van der Waals surface area contributed by atoms with Crippen molar-refractivity contribution in [3.8, 4) is 21.6 Å². The van der Waals surface area contributed by atoms with Crippen LogP contribution in [-0.4, -0.2) is 23.4 Å². The minimum absolute atomic E-state index is 0.0500. The van der Waals surface area contributed by atoms with Crippen LogP contribution in [0.3, 0.4) is 0 Å². The van der Waals surface area contributed by atoms with E-state index in [1.165, 1.54) is 11.9 Å². The molecule has 3 aromatic rings. The van der Waals surface area contributed by atoms with E-state index in [0.29, 0.717) is 5.56 Å². The lowest BCUT2D eigenvalue weighted by Crippen LogP contribution is -2.11. The molecule has 0 saturated carbocycles. The maximum absolute atomic E-state index is 14.5. The normalized spacial score (nSPS) is 10.6. The Morgan fingerprint density at radius 1 is 1.30 bits per heavy atom. The summed E-state index contributed by atoms with van der Waals surface area (Å²) >= 11 is 3.33. The van der Waals surface area contributed by atoms with Gasteiger partial charge in [0.05, 0.1) is 13.2 Å². The first-order valence-corrected chi connectivity index (χ1v) is 10.3. The number of carbonyl (C=O) groups is 1. The van der Waals surface area contributed by atoms with Crippen molar-refractivity contribution in [2.75, 3.05) is 12.9 Å². The van der Waals surface area contributed by atoms with Crippen molar-refractivity contribution in [1.29, 1.82) is 0 Å². The molecule has 0 fully saturated rings. The number of halogens is 1. The van der Waals surface area contributed by atoms with Crippen LogP contribution in [-0.2, 0) is 11.8 Å². The maximum Gasteiger partial charge on any atom is 0.354 e. The van der Waals surface area contributed by atoms with E-state index in [0.717, 1.165) is 15.0 Å². The Labute approximate surface area is 165 Å². The third-order valence-corrected chi connectivity index (χ3v) is 6.04. The van der Waals surface area contributed by atoms with E-state index in [1.54, 1.807) is 30.0 Å². The number of hydrogen-bond acceptors (Lipinski definition) is 4. The molecule has 138 valence electrons. The molecule has 0 amide bonds. The van der Waals surface area contributed by atoms with Crippen molar-refractivity contribution < 1.29 is 13.9 Å². The third-order valence-electron chi connectivity index (χ3n) is 4.16. The van der Waals surface area contributed by atoms with Crippen LogP contribution in [0.1, 0.15) is 17.4 Å². The Hall–Kier alpha value is -2.56. The quantitative estimate of drug-likeness (QED) is 0.299. The molecule has 2 aromatic heterocycles. The van der Waals surface area contributed by atoms with Crippen molar-refractivity contribution >= 4 is 34.8 Å². The highest BCUT2D eigenvalue weighted by atomic mass is 32.2. The summed E-state index contributed by atoms with van der Waals surface area (Å²) in [4.78, 5) is 18.0. The summed E-state index contributed by atoms with van der Waals surface area (Å²) in [5.41, 5.74) is 1.79. The second-order valence-electron chi connectivity index (χ2n) is 5.65. The molecule has 27 heavy (non-hydrogen) atoms. The molecule has 0 aliphatic rings. The van der Waals surface area contributed by atoms with Gasteiger partial charge in [0.1, 0.15) is 5.69 Å². The lowest BCUT2D eigenvalue weighted by Gasteiger charge is -2.09. The van der Waals surface area contributed by atoms with Gasteiger partial charge in [0.2, 0.25) is 11.6 Å². The van der Waals surface area contributed by atoms with Crippen LogP contribution in [0.5, 0.6) is 0 Å². The number of hydrogen-bond donors (Lipinski definition) is 0. The molecular weight excluding hydrogens is 383 g/mol. The Bertz CT molecular complexity index is 1030. The second kappa shape index (κ2) is 7.99. The van der Waals surface area contributed by atoms with Gasteiger partial charge in [-0.25, -0.2) is 14.0 Å². The zero-order chi connectivity index (χ0) is 19.6. The van der Waals surface area contributed by atoms with Crippen LogP contribution in [0.25, 0.3) is 26.4 Å². The van der Waals surface area contributed by atoms with Gasteiger partial charge in [-0.3, -0.25) is 0 Å². The number of esters is 1. The summed E-state index contributed by atoms with van der Waals surface area (Å²) in [5, 5.41) is 2.04. The number of benzene rings is 1. The smallest absolute Gasteiger partial charge is 0.354 e. The molecule has 7 heteroatoms. The van der Waals surface area contributed by atoms with Gasteiger partial charge >= 0.3 is 5.97 Å². The Kier molecular flexibility index (Phi) is 5.68. The van der Waals surface area contributed by atoms with Crippen LogP contribution in [0.2, 0.25) is 0 Å². The lowest BCUT2D eigenvalue weighted by atomic mass is 10.0. The van der Waals surface area contributed by atoms with Crippen molar-refractivity contribution in [3.05, 3.63) is 58.8 Å². The summed E-state index contributed by atoms with van der Waals surface area (Å²) in [6.07, 6.45) is 2.03. The van der Waals surface area contributed by atoms with Gasteiger partial charge in [-0.2, -0.15) is 0 Å². The van der Waals surface area contributed by atoms with E-state index in [4.69, 9.17) is 11.3 Å². The van der Waals surface area contributed by atoms with Gasteiger partial charge in [-0.05, 0) is 35.8 Å². The fraction of sp³-hybridized carbons (Fsp3) is 0.200. The van der Waals surface area contributed by atoms with Gasteiger partial charge in [0.15, 0.2) is 0 Å². The molecule has 0 unspecified atom stereocenters. The van der Waals surface area contributed by atoms with Crippen LogP contribution < -0.4 is 0 Å². The van der Waals surface area contributed by atoms with Gasteiger partial charge < -0.3 is 9.30 Å². The molecular formula is C20H17FN2O2S2. The van der Waals surface area contributed by atoms with E-state index < -0.39 is 11.9 Å². The second-order valence-corrected chi connectivity index (χ2v) is 7.41. The summed E-state index contributed by atoms with van der Waals surface area (Å²) in [6.45, 7) is 9.22. The average molecular weight is 401 g/mol. The number of rotatable bonds is 5. The summed E-state index contributed by atoms with van der Waals surface area (Å²) < 4.78 is 20.7. The van der Waals surface area contributed by atoms with Crippen molar-refractivity contribution in [2.24, 2.45) is 7.05 Å². The zero-order valence-electron chi connectivity index (χ0n) is 15.1. The van der Waals surface area contributed by atoms with Gasteiger partial charge in [-0.1, -0.05) is 24.3 Å². The number of thioether (sulfide) groups is 1. The van der Waals surface area contributed by atoms with Crippen molar-refractivity contribution in [1.82, 2.24) is 4.57 Å². The summed E-state index contributed by atoms with van der Waals surface area (Å²) in [7, 11) is 1.42. The van der Waals surface area contributed by atoms with E-state index >= 15 is 0 Å². The minimum atomic E-state index is -0.741. The Morgan fingerprint density at radius 2 is 1.96 bits per heavy atom. The van der Waals surface area contributed by atoms with E-state index in [-0.39, 0.29) is 23.6 Å². The van der Waals surface area contributed by atoms with Crippen molar-refractivity contribution in [2.45, 2.75) is 11.8 Å². The van der Waals surface area contributed by atoms with Crippen LogP contribution >= 0.6 is 23.1 Å². The molecule has 2 heterocycles. The number of carbonyl (C=O) groups excluding carboxylic acids is 1. The zero-order valence-corrected chi connectivity index (χ0v) is 16.7. The fourth-order valence-corrected chi connectivity index (χ4v) is 4.70. The fourth-order valence-electron chi connectivity index (χ4n) is 2.91. The van der Waals surface area contributed by atoms with Gasteiger partial charge in [0.25, 0.3) is 0 Å². The molecule has 0 aliphatic carbocycles. The SMILES string of the molecule is [C-]#[N+]c1c(-c2ccc(-c3sccc3SC)cc2)c(C(=O)OCC)n(C)c1F. The monoisotopic (exact) mass is 400 g/mol. The Morgan fingerprint density at radius 3 is 2.56 bits per heavy atom. The first kappa shape index (κ1) is 19.2. The molecule has 0 N–H and O–H groups in total. The standard InChI is InChI=1S/C20H17FN2O2S2/c1-5-25-20(24)17-15(16(22-2)19(21)23(17)3)12-6-8-13(9-7-12)18-14(26-4)10-11-27-18/h6-11H,5H2,1,3-4H3. The average Bonchev–Trinajstić information content (AvgIpc) is 3.25. The van der Waals surface area contributed by atoms with E-state index in [1.807, 2.05) is 35.9 Å². The topological polar surface area (TPSA) is 35.6 Å². The van der Waals surface area contributed by atoms with Crippen LogP contribution in [0, 0.1) is 12.5 Å². The van der Waals surface area contributed by atoms with Gasteiger partial charge in [0, 0.05) is 22.4 Å². The molecule has 1 aromatic carbocycles. The minimum Gasteiger partial charge on any atom is -0.461 e. The number of thiophene rings is 1. The molecule has 0 radical (unpaired) electrons. The molecule has 0 spiro atoms. The molecule has 0 aliphatic heterocycles. The highest BCUT2D eigenvalue weighted by molar-refractivity contribution is 7.98. The van der Waals surface area contributed by atoms with Crippen LogP contribution in [0.4, 0.5) is 10.1 Å². The van der Waals surface area contributed by atoms with E-state index in [2.05, 4.69) is 10.9 Å². The number of nitrogens with zero attached hydrogens (tertiary/aromatic N) is 2. The third kappa shape index (κ3) is 3.38. The first-order chi connectivity index (χ1) is 13.0. The highest BCUT2D eigenvalue weighted by Crippen LogP contribution is 2.40. The highest BCUT2D eigenvalue weighted by Gasteiger charge is 2.28. The lowest BCUT2D eigenvalue weighted by molar-refractivity contribution is 0.0514. The van der Waals surface area contributed by atoms with Crippen LogP contribution in [0.15, 0.2) is 40.6 Å². The summed E-state index contributed by atoms with van der Waals surface area (Å²) in [6, 6.07) is 9.54. The molecule has 0 atom stereocenters. The molecule has 4 nitrogen and oxygen atoms in total. The van der Waals surface area contributed by atoms with E-state index in [9.17, 15) is 9.18 Å². The molecule has 3 rings (SSSR count). The summed E-state index contributed by atoms with van der Waals surface area (Å²) in [5.74, 6) is -1.38. The van der Waals surface area contributed by atoms with Gasteiger partial charge in [-0.15, -0.1) is 23.1 Å². The predicted molar refractivity (Wildman–Crippen MR) is 108 cm³/mol. The molecule has 0 bridgehead atoms. The maximum atomic E-state index is 14.5. The first-order valence-electron chi connectivity index (χ1n) is 8.18. The largest absolute Gasteiger partial charge is 0.461 e. The predicted octanol–water partition coefficient (Wildman–Crippen LogP) is 6.01.